The number of amides is 2. The predicted octanol–water partition coefficient (Wildman–Crippen LogP) is 7.36. The zero-order valence-electron chi connectivity index (χ0n) is 26.2. The Morgan fingerprint density at radius 2 is 1.43 bits per heavy atom. The number of hydrogen-bond donors (Lipinski definition) is 1. The molecule has 0 heterocycles. The van der Waals surface area contributed by atoms with Crippen LogP contribution < -0.4 is 9.62 Å². The zero-order chi connectivity index (χ0) is 33.3. The van der Waals surface area contributed by atoms with Crippen molar-refractivity contribution in [3.8, 4) is 0 Å². The number of carbonyl (C=O) groups is 2. The summed E-state index contributed by atoms with van der Waals surface area (Å²) in [5.41, 5.74) is 3.55. The number of aryl methyl sites for hydroxylation is 2. The van der Waals surface area contributed by atoms with Crippen molar-refractivity contribution in [2.24, 2.45) is 0 Å². The van der Waals surface area contributed by atoms with Crippen molar-refractivity contribution in [3.63, 3.8) is 0 Å². The summed E-state index contributed by atoms with van der Waals surface area (Å²) in [7, 11) is -4.18. The van der Waals surface area contributed by atoms with Crippen LogP contribution in [0.2, 0.25) is 10.0 Å². The molecule has 7 nitrogen and oxygen atoms in total. The van der Waals surface area contributed by atoms with E-state index in [9.17, 15) is 18.0 Å². The summed E-state index contributed by atoms with van der Waals surface area (Å²) in [6.45, 7) is 5.70. The van der Waals surface area contributed by atoms with Crippen molar-refractivity contribution in [2.75, 3.05) is 17.4 Å². The Morgan fingerprint density at radius 3 is 2.04 bits per heavy atom. The summed E-state index contributed by atoms with van der Waals surface area (Å²) in [4.78, 5) is 29.9. The molecule has 10 heteroatoms. The molecule has 0 bridgehead atoms. The fourth-order valence-electron chi connectivity index (χ4n) is 5.24. The maximum atomic E-state index is 14.6. The minimum atomic E-state index is -4.18. The largest absolute Gasteiger partial charge is 0.354 e. The Morgan fingerprint density at radius 1 is 0.804 bits per heavy atom. The monoisotopic (exact) mass is 679 g/mol. The van der Waals surface area contributed by atoms with Gasteiger partial charge in [-0.25, -0.2) is 8.42 Å². The highest BCUT2D eigenvalue weighted by molar-refractivity contribution is 7.92. The molecule has 1 atom stereocenters. The Hall–Kier alpha value is -3.85. The average molecular weight is 681 g/mol. The number of nitrogens with one attached hydrogen (secondary N) is 1. The van der Waals surface area contributed by atoms with Gasteiger partial charge >= 0.3 is 0 Å². The normalized spacial score (nSPS) is 11.9. The number of halogens is 2. The molecule has 0 spiro atoms. The van der Waals surface area contributed by atoms with Crippen LogP contribution in [0.15, 0.2) is 102 Å². The van der Waals surface area contributed by atoms with E-state index in [2.05, 4.69) is 5.32 Å². The lowest BCUT2D eigenvalue weighted by Crippen LogP contribution is -2.53. The van der Waals surface area contributed by atoms with Crippen LogP contribution >= 0.6 is 23.2 Å². The fraction of sp³-hybridized carbons (Fsp3) is 0.278. The van der Waals surface area contributed by atoms with Gasteiger partial charge in [0.2, 0.25) is 11.8 Å². The van der Waals surface area contributed by atoms with Crippen molar-refractivity contribution in [3.05, 3.63) is 129 Å². The maximum Gasteiger partial charge on any atom is 0.264 e. The lowest BCUT2D eigenvalue weighted by Gasteiger charge is -2.34. The fourth-order valence-corrected chi connectivity index (χ4v) is 6.98. The molecule has 4 aromatic rings. The van der Waals surface area contributed by atoms with Crippen molar-refractivity contribution in [1.82, 2.24) is 10.2 Å². The molecule has 46 heavy (non-hydrogen) atoms. The summed E-state index contributed by atoms with van der Waals surface area (Å²) in [5, 5.41) is 3.65. The van der Waals surface area contributed by atoms with Crippen molar-refractivity contribution in [1.29, 1.82) is 0 Å². The quantitative estimate of drug-likeness (QED) is 0.141. The van der Waals surface area contributed by atoms with Crippen LogP contribution in [-0.4, -0.2) is 44.3 Å². The van der Waals surface area contributed by atoms with Crippen LogP contribution in [0.1, 0.15) is 42.0 Å². The van der Waals surface area contributed by atoms with Gasteiger partial charge in [0.15, 0.2) is 0 Å². The Balaban J connectivity index is 1.82. The van der Waals surface area contributed by atoms with Gasteiger partial charge in [0.05, 0.1) is 20.6 Å². The van der Waals surface area contributed by atoms with Crippen LogP contribution in [0, 0.1) is 13.8 Å². The molecule has 1 N–H and O–H groups in total. The summed E-state index contributed by atoms with van der Waals surface area (Å²) in [6.07, 6.45) is 1.89. The Kier molecular flexibility index (Phi) is 12.3. The van der Waals surface area contributed by atoms with Gasteiger partial charge in [-0.15, -0.1) is 0 Å². The number of nitrogens with zero attached hydrogens (tertiary/aromatic N) is 2. The number of carbonyl (C=O) groups excluding carboxylic acids is 2. The molecule has 0 aliphatic heterocycles. The maximum absolute atomic E-state index is 14.6. The topological polar surface area (TPSA) is 86.8 Å². The van der Waals surface area contributed by atoms with Gasteiger partial charge in [-0.05, 0) is 78.9 Å². The second-order valence-electron chi connectivity index (χ2n) is 11.3. The van der Waals surface area contributed by atoms with E-state index < -0.39 is 28.5 Å². The molecule has 0 aromatic heterocycles. The third kappa shape index (κ3) is 9.12. The van der Waals surface area contributed by atoms with Crippen LogP contribution in [-0.2, 0) is 32.6 Å². The van der Waals surface area contributed by atoms with E-state index in [1.165, 1.54) is 17.0 Å². The van der Waals surface area contributed by atoms with Gasteiger partial charge in [0, 0.05) is 19.5 Å². The lowest BCUT2D eigenvalue weighted by molar-refractivity contribution is -0.140. The molecule has 0 radical (unpaired) electrons. The molecule has 0 aliphatic carbocycles. The van der Waals surface area contributed by atoms with Gasteiger partial charge in [0.1, 0.15) is 12.6 Å². The molecular formula is C36H39Cl2N3O4S. The SMILES string of the molecule is CCCCNC(=O)[C@H](Cc1ccccc1)N(Cc1ccc(Cl)c(Cl)c1)C(=O)CN(c1cc(C)cc(C)c1)S(=O)(=O)c1ccccc1. The molecule has 4 rings (SSSR count). The number of benzene rings is 4. The molecule has 0 saturated heterocycles. The number of unbranched alkanes of at least 4 members (excludes halogenated alkanes) is 1. The van der Waals surface area contributed by atoms with E-state index in [0.29, 0.717) is 27.8 Å². The molecule has 0 aliphatic rings. The van der Waals surface area contributed by atoms with Crippen LogP contribution in [0.25, 0.3) is 0 Å². The van der Waals surface area contributed by atoms with Gasteiger partial charge in [-0.3, -0.25) is 13.9 Å². The van der Waals surface area contributed by atoms with E-state index in [1.807, 2.05) is 57.2 Å². The van der Waals surface area contributed by atoms with Crippen molar-refractivity contribution >= 4 is 50.7 Å². The summed E-state index contributed by atoms with van der Waals surface area (Å²) in [6, 6.07) is 27.0. The standard InChI is InChI=1S/C36H39Cl2N3O4S/c1-4-5-18-39-36(43)34(23-28-12-8-6-9-13-28)40(24-29-16-17-32(37)33(38)22-29)35(42)25-41(30-20-26(2)19-27(3)21-30)46(44,45)31-14-10-7-11-15-31/h6-17,19-22,34H,4-5,18,23-25H2,1-3H3,(H,39,43)/t34-/m0/s1. The van der Waals surface area contributed by atoms with Crippen molar-refractivity contribution < 1.29 is 18.0 Å². The smallest absolute Gasteiger partial charge is 0.264 e. The molecule has 2 amide bonds. The van der Waals surface area contributed by atoms with Gasteiger partial charge in [-0.2, -0.15) is 0 Å². The first-order chi connectivity index (χ1) is 22.0. The minimum Gasteiger partial charge on any atom is -0.354 e. The summed E-state index contributed by atoms with van der Waals surface area (Å²) < 4.78 is 29.5. The number of anilines is 1. The molecule has 242 valence electrons. The summed E-state index contributed by atoms with van der Waals surface area (Å²) >= 11 is 12.5. The third-order valence-electron chi connectivity index (χ3n) is 7.54. The average Bonchev–Trinajstić information content (AvgIpc) is 3.03. The Labute approximate surface area is 282 Å². The molecular weight excluding hydrogens is 641 g/mol. The van der Waals surface area contributed by atoms with E-state index in [4.69, 9.17) is 23.2 Å². The first-order valence-corrected chi connectivity index (χ1v) is 17.4. The molecule has 0 unspecified atom stereocenters. The highest BCUT2D eigenvalue weighted by Gasteiger charge is 2.34. The second kappa shape index (κ2) is 16.1. The second-order valence-corrected chi connectivity index (χ2v) is 14.0. The molecule has 4 aromatic carbocycles. The molecule has 0 saturated carbocycles. The van der Waals surface area contributed by atoms with Crippen LogP contribution in [0.3, 0.4) is 0 Å². The number of hydrogen-bond acceptors (Lipinski definition) is 4. The van der Waals surface area contributed by atoms with E-state index >= 15 is 0 Å². The molecule has 0 fully saturated rings. The highest BCUT2D eigenvalue weighted by atomic mass is 35.5. The first-order valence-electron chi connectivity index (χ1n) is 15.2. The zero-order valence-corrected chi connectivity index (χ0v) is 28.6. The van der Waals surface area contributed by atoms with Crippen LogP contribution in [0.5, 0.6) is 0 Å². The summed E-state index contributed by atoms with van der Waals surface area (Å²) in [5.74, 6) is -0.870. The third-order valence-corrected chi connectivity index (χ3v) is 10.1. The minimum absolute atomic E-state index is 0.000486. The lowest BCUT2D eigenvalue weighted by atomic mass is 10.0. The number of rotatable bonds is 14. The number of sulfonamides is 1. The van der Waals surface area contributed by atoms with Gasteiger partial charge in [-0.1, -0.05) is 97.2 Å². The highest BCUT2D eigenvalue weighted by Crippen LogP contribution is 2.28. The van der Waals surface area contributed by atoms with Gasteiger partial charge in [0.25, 0.3) is 10.0 Å². The van der Waals surface area contributed by atoms with Crippen LogP contribution in [0.4, 0.5) is 5.69 Å². The van der Waals surface area contributed by atoms with E-state index in [-0.39, 0.29) is 23.8 Å². The predicted molar refractivity (Wildman–Crippen MR) is 186 cm³/mol. The van der Waals surface area contributed by atoms with E-state index in [1.54, 1.807) is 48.5 Å². The van der Waals surface area contributed by atoms with E-state index in [0.717, 1.165) is 33.8 Å². The van der Waals surface area contributed by atoms with Gasteiger partial charge < -0.3 is 10.2 Å². The van der Waals surface area contributed by atoms with Crippen molar-refractivity contribution in [2.45, 2.75) is 57.5 Å². The first kappa shape index (κ1) is 35.0. The Bertz CT molecular complexity index is 1730.